The summed E-state index contributed by atoms with van der Waals surface area (Å²) in [5.74, 6) is -1.23. The number of carboxylic acids is 1. The molecule has 2 rings (SSSR count). The minimum Gasteiger partial charge on any atom is -0.497 e. The van der Waals surface area contributed by atoms with Crippen LogP contribution in [0.1, 0.15) is 20.3 Å². The molecule has 0 aliphatic heterocycles. The number of hydrogen-bond donors (Lipinski definition) is 2. The summed E-state index contributed by atoms with van der Waals surface area (Å²) < 4.78 is 6.13. The molecule has 0 fully saturated rings. The lowest BCUT2D eigenvalue weighted by Crippen LogP contribution is -2.47. The largest absolute Gasteiger partial charge is 0.497 e. The van der Waals surface area contributed by atoms with Crippen LogP contribution in [-0.4, -0.2) is 39.9 Å². The number of nitrogens with one attached hydrogen (secondary N) is 1. The molecule has 0 aliphatic rings. The second kappa shape index (κ2) is 8.98. The molecule has 2 N–H and O–H groups in total. The summed E-state index contributed by atoms with van der Waals surface area (Å²) >= 11 is 0. The van der Waals surface area contributed by atoms with E-state index in [1.165, 1.54) is 6.07 Å². The predicted octanol–water partition coefficient (Wildman–Crippen LogP) is 1.53. The van der Waals surface area contributed by atoms with E-state index in [9.17, 15) is 19.5 Å². The summed E-state index contributed by atoms with van der Waals surface area (Å²) in [7, 11) is 1.57. The van der Waals surface area contributed by atoms with Crippen LogP contribution in [0, 0.1) is 5.92 Å². The van der Waals surface area contributed by atoms with Crippen molar-refractivity contribution < 1.29 is 19.4 Å². The molecule has 0 bridgehead atoms. The number of benzene rings is 1. The Morgan fingerprint density at radius 1 is 1.22 bits per heavy atom. The molecule has 0 radical (unpaired) electrons. The van der Waals surface area contributed by atoms with Crippen LogP contribution < -0.4 is 15.6 Å². The van der Waals surface area contributed by atoms with Crippen molar-refractivity contribution in [3.8, 4) is 17.0 Å². The van der Waals surface area contributed by atoms with Gasteiger partial charge in [-0.05, 0) is 36.2 Å². The van der Waals surface area contributed by atoms with Crippen LogP contribution in [-0.2, 0) is 16.1 Å². The van der Waals surface area contributed by atoms with Crippen molar-refractivity contribution in [3.05, 3.63) is 46.8 Å². The average Bonchev–Trinajstić information content (AvgIpc) is 2.67. The van der Waals surface area contributed by atoms with Crippen molar-refractivity contribution in [3.63, 3.8) is 0 Å². The fourth-order valence-electron chi connectivity index (χ4n) is 2.52. The first-order valence-electron chi connectivity index (χ1n) is 8.60. The van der Waals surface area contributed by atoms with Gasteiger partial charge in [-0.1, -0.05) is 20.3 Å². The molecule has 8 heteroatoms. The molecule has 2 atom stereocenters. The normalized spacial score (nSPS) is 12.9. The average molecular weight is 373 g/mol. The van der Waals surface area contributed by atoms with E-state index < -0.39 is 23.5 Å². The number of amides is 1. The molecule has 1 aromatic carbocycles. The van der Waals surface area contributed by atoms with Gasteiger partial charge >= 0.3 is 5.97 Å². The molecule has 1 amide bonds. The van der Waals surface area contributed by atoms with Crippen LogP contribution in [0.3, 0.4) is 0 Å². The Kier molecular flexibility index (Phi) is 6.70. The molecule has 8 nitrogen and oxygen atoms in total. The zero-order valence-corrected chi connectivity index (χ0v) is 15.5. The molecule has 1 aromatic heterocycles. The maximum Gasteiger partial charge on any atom is 0.326 e. The van der Waals surface area contributed by atoms with Crippen LogP contribution >= 0.6 is 0 Å². The van der Waals surface area contributed by atoms with Gasteiger partial charge in [0.15, 0.2) is 0 Å². The number of nitrogens with zero attached hydrogens (tertiary/aromatic N) is 2. The first-order chi connectivity index (χ1) is 12.8. The van der Waals surface area contributed by atoms with E-state index in [0.29, 0.717) is 17.9 Å². The predicted molar refractivity (Wildman–Crippen MR) is 99.5 cm³/mol. The second-order valence-electron chi connectivity index (χ2n) is 6.21. The van der Waals surface area contributed by atoms with Gasteiger partial charge in [-0.25, -0.2) is 9.48 Å². The highest BCUT2D eigenvalue weighted by Gasteiger charge is 2.25. The minimum atomic E-state index is -1.11. The van der Waals surface area contributed by atoms with E-state index >= 15 is 0 Å². The van der Waals surface area contributed by atoms with E-state index in [2.05, 4.69) is 10.4 Å². The molecule has 0 spiro atoms. The Morgan fingerprint density at radius 3 is 2.44 bits per heavy atom. The molecule has 1 heterocycles. The summed E-state index contributed by atoms with van der Waals surface area (Å²) in [6.45, 7) is 3.23. The van der Waals surface area contributed by atoms with Crippen molar-refractivity contribution in [2.45, 2.75) is 32.9 Å². The molecule has 2 unspecified atom stereocenters. The van der Waals surface area contributed by atoms with E-state index in [-0.39, 0.29) is 12.5 Å². The van der Waals surface area contributed by atoms with Crippen molar-refractivity contribution in [1.82, 2.24) is 15.1 Å². The smallest absolute Gasteiger partial charge is 0.326 e. The Labute approximate surface area is 156 Å². The van der Waals surface area contributed by atoms with Gasteiger partial charge in [-0.15, -0.1) is 0 Å². The monoisotopic (exact) mass is 373 g/mol. The van der Waals surface area contributed by atoms with Crippen molar-refractivity contribution in [1.29, 1.82) is 0 Å². The maximum absolute atomic E-state index is 12.2. The maximum atomic E-state index is 12.2. The number of aliphatic carboxylic acids is 1. The quantitative estimate of drug-likeness (QED) is 0.726. The number of ether oxygens (including phenoxy) is 1. The van der Waals surface area contributed by atoms with Crippen LogP contribution in [0.4, 0.5) is 0 Å². The summed E-state index contributed by atoms with van der Waals surface area (Å²) in [4.78, 5) is 35.6. The van der Waals surface area contributed by atoms with Crippen molar-refractivity contribution in [2.24, 2.45) is 5.92 Å². The highest BCUT2D eigenvalue weighted by Crippen LogP contribution is 2.19. The van der Waals surface area contributed by atoms with Crippen molar-refractivity contribution in [2.75, 3.05) is 7.11 Å². The molecule has 27 heavy (non-hydrogen) atoms. The number of methoxy groups -OCH3 is 1. The topological polar surface area (TPSA) is 111 Å². The Bertz CT molecular complexity index is 860. The molecule has 2 aromatic rings. The first-order valence-corrected chi connectivity index (χ1v) is 8.60. The highest BCUT2D eigenvalue weighted by atomic mass is 16.5. The zero-order chi connectivity index (χ0) is 20.0. The van der Waals surface area contributed by atoms with Gasteiger partial charge < -0.3 is 15.2 Å². The molecule has 0 saturated heterocycles. The fourth-order valence-corrected chi connectivity index (χ4v) is 2.52. The number of rotatable bonds is 8. The zero-order valence-electron chi connectivity index (χ0n) is 15.5. The molecule has 144 valence electrons. The third-order valence-corrected chi connectivity index (χ3v) is 4.34. The second-order valence-corrected chi connectivity index (χ2v) is 6.21. The van der Waals surface area contributed by atoms with E-state index in [0.717, 1.165) is 10.2 Å². The number of carbonyl (C=O) groups is 2. The van der Waals surface area contributed by atoms with Gasteiger partial charge in [0.25, 0.3) is 5.56 Å². The Morgan fingerprint density at radius 2 is 1.89 bits per heavy atom. The van der Waals surface area contributed by atoms with E-state index in [1.54, 1.807) is 44.4 Å². The van der Waals surface area contributed by atoms with Gasteiger partial charge in [-0.3, -0.25) is 9.59 Å². The van der Waals surface area contributed by atoms with Gasteiger partial charge in [-0.2, -0.15) is 5.10 Å². The highest BCUT2D eigenvalue weighted by molar-refractivity contribution is 5.83. The number of aromatic nitrogens is 2. The van der Waals surface area contributed by atoms with Crippen LogP contribution in [0.25, 0.3) is 11.3 Å². The molecular weight excluding hydrogens is 350 g/mol. The molecule has 0 aliphatic carbocycles. The van der Waals surface area contributed by atoms with Crippen LogP contribution in [0.15, 0.2) is 41.2 Å². The van der Waals surface area contributed by atoms with E-state index in [4.69, 9.17) is 4.74 Å². The van der Waals surface area contributed by atoms with Crippen LogP contribution in [0.5, 0.6) is 5.75 Å². The van der Waals surface area contributed by atoms with Gasteiger partial charge in [0.1, 0.15) is 18.3 Å². The molecule has 0 saturated carbocycles. The summed E-state index contributed by atoms with van der Waals surface area (Å²) in [6, 6.07) is 8.99. The van der Waals surface area contributed by atoms with Gasteiger partial charge in [0.2, 0.25) is 5.91 Å². The van der Waals surface area contributed by atoms with Crippen LogP contribution in [0.2, 0.25) is 0 Å². The summed E-state index contributed by atoms with van der Waals surface area (Å²) in [6.07, 6.45) is 0.600. The third kappa shape index (κ3) is 5.16. The molecular formula is C19H23N3O5. The first kappa shape index (κ1) is 20.2. The van der Waals surface area contributed by atoms with E-state index in [1.807, 2.05) is 6.92 Å². The lowest BCUT2D eigenvalue weighted by molar-refractivity contribution is -0.143. The number of hydrogen-bond acceptors (Lipinski definition) is 5. The lowest BCUT2D eigenvalue weighted by atomic mass is 9.99. The summed E-state index contributed by atoms with van der Waals surface area (Å²) in [5.41, 5.74) is 0.826. The van der Waals surface area contributed by atoms with Gasteiger partial charge in [0.05, 0.1) is 12.8 Å². The third-order valence-electron chi connectivity index (χ3n) is 4.34. The van der Waals surface area contributed by atoms with Gasteiger partial charge in [0, 0.05) is 11.6 Å². The summed E-state index contributed by atoms with van der Waals surface area (Å²) in [5, 5.41) is 15.9. The SMILES string of the molecule is CCC(C)C(NC(=O)Cn1nc(-c2ccc(OC)cc2)ccc1=O)C(=O)O. The number of carboxylic acid groups (broad SMARTS) is 1. The fraction of sp³-hybridized carbons (Fsp3) is 0.368. The minimum absolute atomic E-state index is 0.234. The lowest BCUT2D eigenvalue weighted by Gasteiger charge is -2.20. The number of carbonyl (C=O) groups excluding carboxylic acids is 1. The van der Waals surface area contributed by atoms with Crippen molar-refractivity contribution >= 4 is 11.9 Å². The Hall–Kier alpha value is -3.16. The Balaban J connectivity index is 2.19. The standard InChI is InChI=1S/C19H23N3O5/c1-4-12(2)18(19(25)26)20-16(23)11-22-17(24)10-9-15(21-22)13-5-7-14(27-3)8-6-13/h5-10,12,18H,4,11H2,1-3H3,(H,20,23)(H,25,26).